The summed E-state index contributed by atoms with van der Waals surface area (Å²) in [5, 5.41) is 0. The van der Waals surface area contributed by atoms with Gasteiger partial charge in [0.25, 0.3) is 0 Å². The smallest absolute Gasteiger partial charge is 0.350 e. The van der Waals surface area contributed by atoms with Crippen molar-refractivity contribution < 1.29 is 33.3 Å². The predicted molar refractivity (Wildman–Crippen MR) is 72.5 cm³/mol. The molecule has 3 rings (SSSR count). The van der Waals surface area contributed by atoms with Crippen LogP contribution in [0.25, 0.3) is 0 Å². The van der Waals surface area contributed by atoms with Gasteiger partial charge in [-0.3, -0.25) is 4.79 Å². The summed E-state index contributed by atoms with van der Waals surface area (Å²) in [6.45, 7) is 8.96. The van der Waals surface area contributed by atoms with Crippen LogP contribution < -0.4 is 0 Å². The molecule has 0 N–H and O–H groups in total. The monoisotopic (exact) mass is 314 g/mol. The standard InChI is InChI=1S/C15H22O7/c1-6-14(2,3)13(17)20-9-7-8(18-11(9)16)10-12(19-7)22-15(4,5)21-10/h7-10,12H,6H2,1-5H3/t7?,8-,9-,10+,12+/m0/s1. The van der Waals surface area contributed by atoms with Gasteiger partial charge in [-0.25, -0.2) is 4.79 Å². The van der Waals surface area contributed by atoms with Crippen LogP contribution in [0, 0.1) is 5.41 Å². The average molecular weight is 314 g/mol. The molecule has 124 valence electrons. The first-order valence-corrected chi connectivity index (χ1v) is 7.57. The molecular weight excluding hydrogens is 292 g/mol. The molecule has 0 amide bonds. The Morgan fingerprint density at radius 3 is 2.55 bits per heavy atom. The van der Waals surface area contributed by atoms with E-state index in [1.165, 1.54) is 0 Å². The number of hydrogen-bond donors (Lipinski definition) is 0. The number of rotatable bonds is 3. The lowest BCUT2D eigenvalue weighted by Crippen LogP contribution is -2.40. The Morgan fingerprint density at radius 2 is 1.91 bits per heavy atom. The van der Waals surface area contributed by atoms with E-state index in [4.69, 9.17) is 23.7 Å². The van der Waals surface area contributed by atoms with E-state index in [9.17, 15) is 9.59 Å². The summed E-state index contributed by atoms with van der Waals surface area (Å²) >= 11 is 0. The molecule has 3 aliphatic heterocycles. The maximum atomic E-state index is 12.2. The van der Waals surface area contributed by atoms with Crippen molar-refractivity contribution in [2.24, 2.45) is 5.41 Å². The van der Waals surface area contributed by atoms with Crippen LogP contribution in [0.15, 0.2) is 0 Å². The predicted octanol–water partition coefficient (Wildman–Crippen LogP) is 1.14. The fourth-order valence-electron chi connectivity index (χ4n) is 2.75. The Kier molecular flexibility index (Phi) is 3.50. The van der Waals surface area contributed by atoms with Gasteiger partial charge in [0.2, 0.25) is 6.10 Å². The van der Waals surface area contributed by atoms with E-state index in [1.807, 2.05) is 6.92 Å². The highest BCUT2D eigenvalue weighted by Gasteiger charge is 2.64. The molecule has 0 radical (unpaired) electrons. The van der Waals surface area contributed by atoms with Crippen LogP contribution in [-0.2, 0) is 33.3 Å². The number of carbonyl (C=O) groups excluding carboxylic acids is 2. The molecule has 3 heterocycles. The van der Waals surface area contributed by atoms with Gasteiger partial charge >= 0.3 is 11.9 Å². The molecule has 0 aromatic rings. The lowest BCUT2D eigenvalue weighted by molar-refractivity contribution is -0.217. The Labute approximate surface area is 129 Å². The van der Waals surface area contributed by atoms with Crippen molar-refractivity contribution in [2.45, 2.75) is 77.5 Å². The summed E-state index contributed by atoms with van der Waals surface area (Å²) in [7, 11) is 0. The summed E-state index contributed by atoms with van der Waals surface area (Å²) in [6.07, 6.45) is -2.86. The van der Waals surface area contributed by atoms with E-state index in [1.54, 1.807) is 27.7 Å². The fraction of sp³-hybridized carbons (Fsp3) is 0.867. The maximum absolute atomic E-state index is 12.2. The summed E-state index contributed by atoms with van der Waals surface area (Å²) in [5.74, 6) is -1.83. The minimum absolute atomic E-state index is 0.444. The van der Waals surface area contributed by atoms with E-state index in [2.05, 4.69) is 0 Å². The average Bonchev–Trinajstić information content (AvgIpc) is 2.98. The second kappa shape index (κ2) is 4.91. The van der Waals surface area contributed by atoms with Crippen molar-refractivity contribution >= 4 is 11.9 Å². The molecule has 3 fully saturated rings. The quantitative estimate of drug-likeness (QED) is 0.722. The van der Waals surface area contributed by atoms with Gasteiger partial charge in [-0.05, 0) is 34.1 Å². The third-order valence-corrected chi connectivity index (χ3v) is 4.48. The molecule has 0 spiro atoms. The largest absolute Gasteiger partial charge is 0.454 e. The van der Waals surface area contributed by atoms with Gasteiger partial charge in [0.15, 0.2) is 24.3 Å². The molecule has 7 nitrogen and oxygen atoms in total. The lowest BCUT2D eigenvalue weighted by atomic mass is 9.90. The van der Waals surface area contributed by atoms with E-state index in [-0.39, 0.29) is 0 Å². The van der Waals surface area contributed by atoms with Crippen LogP contribution in [0.3, 0.4) is 0 Å². The second-order valence-corrected chi connectivity index (χ2v) is 7.03. The zero-order valence-corrected chi connectivity index (χ0v) is 13.5. The van der Waals surface area contributed by atoms with Crippen LogP contribution in [0.5, 0.6) is 0 Å². The number of carbonyl (C=O) groups is 2. The number of ether oxygens (including phenoxy) is 5. The molecule has 3 aliphatic rings. The normalized spacial score (nSPS) is 39.3. The minimum Gasteiger partial charge on any atom is -0.454 e. The molecule has 1 unspecified atom stereocenters. The highest BCUT2D eigenvalue weighted by atomic mass is 16.8. The first-order chi connectivity index (χ1) is 10.1. The topological polar surface area (TPSA) is 80.3 Å². The molecule has 22 heavy (non-hydrogen) atoms. The number of hydrogen-bond acceptors (Lipinski definition) is 7. The SMILES string of the molecule is CCC(C)(C)C(=O)O[C@@H]1C(=O)O[C@H]2C1O[C@@H]1OC(C)(C)O[C@@H]12. The van der Waals surface area contributed by atoms with Crippen LogP contribution >= 0.6 is 0 Å². The van der Waals surface area contributed by atoms with E-state index < -0.39 is 53.8 Å². The van der Waals surface area contributed by atoms with Crippen molar-refractivity contribution in [2.75, 3.05) is 0 Å². The Morgan fingerprint density at radius 1 is 1.23 bits per heavy atom. The van der Waals surface area contributed by atoms with E-state index >= 15 is 0 Å². The van der Waals surface area contributed by atoms with Crippen molar-refractivity contribution in [3.63, 3.8) is 0 Å². The molecular formula is C15H22O7. The summed E-state index contributed by atoms with van der Waals surface area (Å²) in [5.41, 5.74) is -0.665. The number of fused-ring (bicyclic) bond motifs is 3. The number of esters is 2. The maximum Gasteiger partial charge on any atom is 0.350 e. The lowest BCUT2D eigenvalue weighted by Gasteiger charge is -2.24. The van der Waals surface area contributed by atoms with Gasteiger partial charge in [-0.1, -0.05) is 6.92 Å². The molecule has 0 saturated carbocycles. The van der Waals surface area contributed by atoms with Gasteiger partial charge in [-0.2, -0.15) is 0 Å². The first-order valence-electron chi connectivity index (χ1n) is 7.57. The highest BCUT2D eigenvalue weighted by Crippen LogP contribution is 2.43. The van der Waals surface area contributed by atoms with Gasteiger partial charge in [0.05, 0.1) is 5.41 Å². The highest BCUT2D eigenvalue weighted by molar-refractivity contribution is 5.84. The first kappa shape index (κ1) is 15.7. The van der Waals surface area contributed by atoms with Gasteiger partial charge in [0.1, 0.15) is 6.10 Å². The zero-order chi connectivity index (χ0) is 16.3. The molecule has 0 aromatic heterocycles. The summed E-state index contributed by atoms with van der Waals surface area (Å²) in [6, 6.07) is 0. The zero-order valence-electron chi connectivity index (χ0n) is 13.5. The van der Waals surface area contributed by atoms with E-state index in [0.29, 0.717) is 6.42 Å². The molecule has 0 bridgehead atoms. The molecule has 7 heteroatoms. The van der Waals surface area contributed by atoms with Gasteiger partial charge < -0.3 is 23.7 Å². The van der Waals surface area contributed by atoms with Crippen molar-refractivity contribution in [3.05, 3.63) is 0 Å². The Hall–Kier alpha value is -1.18. The van der Waals surface area contributed by atoms with Crippen LogP contribution in [0.2, 0.25) is 0 Å². The van der Waals surface area contributed by atoms with Crippen LogP contribution in [0.1, 0.15) is 41.0 Å². The van der Waals surface area contributed by atoms with Crippen molar-refractivity contribution in [1.82, 2.24) is 0 Å². The van der Waals surface area contributed by atoms with Crippen molar-refractivity contribution in [1.29, 1.82) is 0 Å². The summed E-state index contributed by atoms with van der Waals surface area (Å²) in [4.78, 5) is 24.2. The molecule has 0 aliphatic carbocycles. The minimum atomic E-state index is -1.07. The van der Waals surface area contributed by atoms with Crippen LogP contribution in [0.4, 0.5) is 0 Å². The third kappa shape index (κ3) is 2.41. The Balaban J connectivity index is 1.72. The molecule has 5 atom stereocenters. The fourth-order valence-corrected chi connectivity index (χ4v) is 2.75. The van der Waals surface area contributed by atoms with Gasteiger partial charge in [0, 0.05) is 0 Å². The Bertz CT molecular complexity index is 498. The summed E-state index contributed by atoms with van der Waals surface area (Å²) < 4.78 is 27.7. The van der Waals surface area contributed by atoms with Crippen molar-refractivity contribution in [3.8, 4) is 0 Å². The van der Waals surface area contributed by atoms with Gasteiger partial charge in [-0.15, -0.1) is 0 Å². The second-order valence-electron chi connectivity index (χ2n) is 7.03. The van der Waals surface area contributed by atoms with Crippen LogP contribution in [-0.4, -0.2) is 48.4 Å². The molecule has 3 saturated heterocycles. The molecule has 0 aromatic carbocycles. The van der Waals surface area contributed by atoms with E-state index in [0.717, 1.165) is 0 Å². The third-order valence-electron chi connectivity index (χ3n) is 4.48.